The fraction of sp³-hybridized carbons (Fsp3) is 0.350. The van der Waals surface area contributed by atoms with Crippen molar-refractivity contribution in [2.45, 2.75) is 31.6 Å². The van der Waals surface area contributed by atoms with Crippen LogP contribution < -0.4 is 5.32 Å². The van der Waals surface area contributed by atoms with Crippen LogP contribution in [0.1, 0.15) is 34.3 Å². The van der Waals surface area contributed by atoms with Crippen LogP contribution in [0.3, 0.4) is 0 Å². The number of piperidine rings is 1. The smallest absolute Gasteiger partial charge is 0.251 e. The van der Waals surface area contributed by atoms with Crippen LogP contribution in [0.5, 0.6) is 0 Å². The van der Waals surface area contributed by atoms with Crippen molar-refractivity contribution < 1.29 is 17.6 Å². The van der Waals surface area contributed by atoms with E-state index < -0.39 is 10.0 Å². The third-order valence-electron chi connectivity index (χ3n) is 4.83. The van der Waals surface area contributed by atoms with Gasteiger partial charge in [-0.05, 0) is 49.1 Å². The minimum absolute atomic E-state index is 0.0469. The normalized spacial score (nSPS) is 16.2. The Hall–Kier alpha value is -2.25. The van der Waals surface area contributed by atoms with Crippen LogP contribution in [0.15, 0.2) is 48.5 Å². The SMILES string of the molecule is Cc1ccccc1C(=O)NC1CCN(S(=O)(=O)Cc2ccc(F)cc2)CC1. The summed E-state index contributed by atoms with van der Waals surface area (Å²) in [6.45, 7) is 2.62. The number of rotatable bonds is 5. The van der Waals surface area contributed by atoms with Crippen LogP contribution in [-0.2, 0) is 15.8 Å². The second-order valence-electron chi connectivity index (χ2n) is 6.84. The number of carbonyl (C=O) groups is 1. The van der Waals surface area contributed by atoms with E-state index in [1.165, 1.54) is 28.6 Å². The van der Waals surface area contributed by atoms with Gasteiger partial charge in [-0.2, -0.15) is 0 Å². The predicted molar refractivity (Wildman–Crippen MR) is 102 cm³/mol. The molecule has 2 aromatic carbocycles. The van der Waals surface area contributed by atoms with Crippen molar-refractivity contribution >= 4 is 15.9 Å². The van der Waals surface area contributed by atoms with Crippen LogP contribution in [-0.4, -0.2) is 37.8 Å². The number of hydrogen-bond acceptors (Lipinski definition) is 3. The molecule has 5 nitrogen and oxygen atoms in total. The van der Waals surface area contributed by atoms with Crippen molar-refractivity contribution in [1.29, 1.82) is 0 Å². The number of benzene rings is 2. The lowest BCUT2D eigenvalue weighted by atomic mass is 10.0. The van der Waals surface area contributed by atoms with E-state index in [4.69, 9.17) is 0 Å². The Morgan fingerprint density at radius 2 is 1.74 bits per heavy atom. The molecule has 0 atom stereocenters. The molecule has 0 aromatic heterocycles. The van der Waals surface area contributed by atoms with Gasteiger partial charge in [0.25, 0.3) is 5.91 Å². The zero-order valence-electron chi connectivity index (χ0n) is 15.2. The second kappa shape index (κ2) is 8.19. The summed E-state index contributed by atoms with van der Waals surface area (Å²) in [5.41, 5.74) is 2.12. The largest absolute Gasteiger partial charge is 0.349 e. The van der Waals surface area contributed by atoms with Gasteiger partial charge < -0.3 is 5.32 Å². The van der Waals surface area contributed by atoms with Crippen LogP contribution in [0.4, 0.5) is 4.39 Å². The van der Waals surface area contributed by atoms with E-state index in [2.05, 4.69) is 5.32 Å². The van der Waals surface area contributed by atoms with Gasteiger partial charge >= 0.3 is 0 Å². The molecule has 0 radical (unpaired) electrons. The van der Waals surface area contributed by atoms with Gasteiger partial charge in [0, 0.05) is 24.7 Å². The summed E-state index contributed by atoms with van der Waals surface area (Å²) >= 11 is 0. The average Bonchev–Trinajstić information content (AvgIpc) is 2.64. The van der Waals surface area contributed by atoms with Gasteiger partial charge in [0.15, 0.2) is 0 Å². The van der Waals surface area contributed by atoms with Gasteiger partial charge in [0.2, 0.25) is 10.0 Å². The number of aryl methyl sites for hydroxylation is 1. The molecule has 0 saturated carbocycles. The molecule has 3 rings (SSSR count). The molecule has 1 heterocycles. The number of nitrogens with one attached hydrogen (secondary N) is 1. The van der Waals surface area contributed by atoms with Crippen molar-refractivity contribution in [2.24, 2.45) is 0 Å². The number of nitrogens with zero attached hydrogens (tertiary/aromatic N) is 1. The first-order chi connectivity index (χ1) is 12.8. The maximum atomic E-state index is 13.0. The van der Waals surface area contributed by atoms with E-state index in [1.807, 2.05) is 25.1 Å². The van der Waals surface area contributed by atoms with E-state index in [9.17, 15) is 17.6 Å². The summed E-state index contributed by atoms with van der Waals surface area (Å²) < 4.78 is 39.6. The van der Waals surface area contributed by atoms with Crippen molar-refractivity contribution in [1.82, 2.24) is 9.62 Å². The Bertz CT molecular complexity index is 905. The van der Waals surface area contributed by atoms with Gasteiger partial charge in [-0.25, -0.2) is 17.1 Å². The first-order valence-corrected chi connectivity index (χ1v) is 10.5. The highest BCUT2D eigenvalue weighted by atomic mass is 32.2. The molecule has 144 valence electrons. The minimum Gasteiger partial charge on any atom is -0.349 e. The highest BCUT2D eigenvalue weighted by molar-refractivity contribution is 7.88. The molecule has 0 unspecified atom stereocenters. The monoisotopic (exact) mass is 390 g/mol. The lowest BCUT2D eigenvalue weighted by Crippen LogP contribution is -2.46. The second-order valence-corrected chi connectivity index (χ2v) is 8.81. The van der Waals surface area contributed by atoms with E-state index in [1.54, 1.807) is 6.07 Å². The first-order valence-electron chi connectivity index (χ1n) is 8.94. The molecule has 0 aliphatic carbocycles. The fourth-order valence-electron chi connectivity index (χ4n) is 3.25. The van der Waals surface area contributed by atoms with Gasteiger partial charge in [-0.3, -0.25) is 4.79 Å². The standard InChI is InChI=1S/C20H23FN2O3S/c1-15-4-2-3-5-19(15)20(24)22-18-10-12-23(13-11-18)27(25,26)14-16-6-8-17(21)9-7-16/h2-9,18H,10-14H2,1H3,(H,22,24). The Labute approximate surface area is 159 Å². The van der Waals surface area contributed by atoms with Crippen molar-refractivity contribution in [3.05, 3.63) is 71.0 Å². The Morgan fingerprint density at radius 1 is 1.11 bits per heavy atom. The van der Waals surface area contributed by atoms with Crippen LogP contribution >= 0.6 is 0 Å². The maximum absolute atomic E-state index is 13.0. The lowest BCUT2D eigenvalue weighted by Gasteiger charge is -2.31. The quantitative estimate of drug-likeness (QED) is 0.854. The van der Waals surface area contributed by atoms with Gasteiger partial charge in [0.05, 0.1) is 5.75 Å². The third kappa shape index (κ3) is 4.93. The van der Waals surface area contributed by atoms with E-state index in [0.29, 0.717) is 37.1 Å². The van der Waals surface area contributed by atoms with Gasteiger partial charge in [0.1, 0.15) is 5.82 Å². The Kier molecular flexibility index (Phi) is 5.92. The van der Waals surface area contributed by atoms with E-state index in [-0.39, 0.29) is 23.5 Å². The van der Waals surface area contributed by atoms with Crippen molar-refractivity contribution in [3.63, 3.8) is 0 Å². The van der Waals surface area contributed by atoms with Crippen molar-refractivity contribution in [3.8, 4) is 0 Å². The maximum Gasteiger partial charge on any atom is 0.251 e. The highest BCUT2D eigenvalue weighted by Crippen LogP contribution is 2.19. The van der Waals surface area contributed by atoms with Crippen LogP contribution in [0, 0.1) is 12.7 Å². The number of amides is 1. The number of sulfonamides is 1. The predicted octanol–water partition coefficient (Wildman–Crippen LogP) is 2.86. The minimum atomic E-state index is -3.46. The molecule has 7 heteroatoms. The zero-order valence-corrected chi connectivity index (χ0v) is 16.0. The lowest BCUT2D eigenvalue weighted by molar-refractivity contribution is 0.0923. The molecule has 2 aromatic rings. The zero-order chi connectivity index (χ0) is 19.4. The molecule has 0 spiro atoms. The molecule has 1 aliphatic rings. The number of carbonyl (C=O) groups excluding carboxylic acids is 1. The Morgan fingerprint density at radius 3 is 2.37 bits per heavy atom. The number of halogens is 1. The summed E-state index contributed by atoms with van der Waals surface area (Å²) in [6.07, 6.45) is 1.14. The molecular formula is C20H23FN2O3S. The number of hydrogen-bond donors (Lipinski definition) is 1. The summed E-state index contributed by atoms with van der Waals surface area (Å²) in [5.74, 6) is -0.657. The molecule has 27 heavy (non-hydrogen) atoms. The molecule has 1 amide bonds. The molecular weight excluding hydrogens is 367 g/mol. The van der Waals surface area contributed by atoms with E-state index >= 15 is 0 Å². The Balaban J connectivity index is 1.55. The molecule has 1 N–H and O–H groups in total. The summed E-state index contributed by atoms with van der Waals surface area (Å²) in [7, 11) is -3.46. The fourth-order valence-corrected chi connectivity index (χ4v) is 4.82. The molecule has 1 fully saturated rings. The third-order valence-corrected chi connectivity index (χ3v) is 6.68. The van der Waals surface area contributed by atoms with Crippen LogP contribution in [0.25, 0.3) is 0 Å². The van der Waals surface area contributed by atoms with Crippen LogP contribution in [0.2, 0.25) is 0 Å². The van der Waals surface area contributed by atoms with E-state index in [0.717, 1.165) is 5.56 Å². The summed E-state index contributed by atoms with van der Waals surface area (Å²) in [6, 6.07) is 12.8. The van der Waals surface area contributed by atoms with Crippen molar-refractivity contribution in [2.75, 3.05) is 13.1 Å². The average molecular weight is 390 g/mol. The molecule has 1 saturated heterocycles. The topological polar surface area (TPSA) is 66.5 Å². The summed E-state index contributed by atoms with van der Waals surface area (Å²) in [4.78, 5) is 12.4. The van der Waals surface area contributed by atoms with Gasteiger partial charge in [-0.15, -0.1) is 0 Å². The molecule has 1 aliphatic heterocycles. The molecule has 0 bridgehead atoms. The highest BCUT2D eigenvalue weighted by Gasteiger charge is 2.29. The first kappa shape index (κ1) is 19.5. The van der Waals surface area contributed by atoms with Gasteiger partial charge in [-0.1, -0.05) is 30.3 Å². The summed E-state index contributed by atoms with van der Waals surface area (Å²) in [5, 5.41) is 3.00.